The second kappa shape index (κ2) is 16.2. The topological polar surface area (TPSA) is 92.3 Å². The van der Waals surface area contributed by atoms with Crippen LogP contribution < -0.4 is 14.2 Å². The SMILES string of the molecule is C/C=C/OCCCCC12OC3C(OCc4ccc(OC)cc4)C(O1)C(OCc1ccc(OC)cc1)C(O2)C3OCc1ccc(OC)cc1. The monoisotopic (exact) mass is 662 g/mol. The van der Waals surface area contributed by atoms with Crippen LogP contribution in [0.3, 0.4) is 0 Å². The van der Waals surface area contributed by atoms with E-state index < -0.39 is 42.6 Å². The van der Waals surface area contributed by atoms with E-state index in [1.807, 2.05) is 85.8 Å². The van der Waals surface area contributed by atoms with E-state index in [0.29, 0.717) is 32.8 Å². The summed E-state index contributed by atoms with van der Waals surface area (Å²) in [6.45, 7) is 3.59. The summed E-state index contributed by atoms with van der Waals surface area (Å²) < 4.78 is 61.6. The summed E-state index contributed by atoms with van der Waals surface area (Å²) in [6, 6.07) is 23.5. The van der Waals surface area contributed by atoms with E-state index in [-0.39, 0.29) is 0 Å². The van der Waals surface area contributed by atoms with Crippen LogP contribution in [0, 0.1) is 0 Å². The van der Waals surface area contributed by atoms with E-state index in [1.54, 1.807) is 27.6 Å². The number of hydrogen-bond donors (Lipinski definition) is 0. The molecule has 258 valence electrons. The molecule has 1 aliphatic carbocycles. The molecular formula is C38H46O10. The molecule has 1 saturated carbocycles. The molecule has 0 spiro atoms. The van der Waals surface area contributed by atoms with Gasteiger partial charge in [-0.15, -0.1) is 0 Å². The molecule has 7 rings (SSSR count). The smallest absolute Gasteiger partial charge is 0.284 e. The first-order valence-corrected chi connectivity index (χ1v) is 16.5. The van der Waals surface area contributed by atoms with Crippen LogP contribution in [0.15, 0.2) is 85.1 Å². The van der Waals surface area contributed by atoms with E-state index in [1.165, 1.54) is 0 Å². The minimum Gasteiger partial charge on any atom is -0.502 e. The van der Waals surface area contributed by atoms with Gasteiger partial charge in [0, 0.05) is 6.42 Å². The summed E-state index contributed by atoms with van der Waals surface area (Å²) >= 11 is 0. The highest BCUT2D eigenvalue weighted by Crippen LogP contribution is 2.50. The molecule has 48 heavy (non-hydrogen) atoms. The van der Waals surface area contributed by atoms with Crippen molar-refractivity contribution >= 4 is 0 Å². The Morgan fingerprint density at radius 3 is 1.27 bits per heavy atom. The first-order chi connectivity index (χ1) is 23.5. The fraction of sp³-hybridized carbons (Fsp3) is 0.474. The fourth-order valence-corrected chi connectivity index (χ4v) is 6.41. The molecule has 4 fully saturated rings. The van der Waals surface area contributed by atoms with Crippen molar-refractivity contribution in [2.24, 2.45) is 0 Å². The quantitative estimate of drug-likeness (QED) is 0.114. The second-order valence-electron chi connectivity index (χ2n) is 12.1. The minimum atomic E-state index is -1.22. The zero-order valence-electron chi connectivity index (χ0n) is 28.1. The zero-order valence-corrected chi connectivity index (χ0v) is 28.1. The Morgan fingerprint density at radius 1 is 0.562 bits per heavy atom. The van der Waals surface area contributed by atoms with Crippen LogP contribution in [0.5, 0.6) is 17.2 Å². The van der Waals surface area contributed by atoms with E-state index in [2.05, 4.69) is 0 Å². The van der Waals surface area contributed by atoms with Gasteiger partial charge in [0.2, 0.25) is 0 Å². The average Bonchev–Trinajstić information content (AvgIpc) is 3.13. The molecule has 0 unspecified atom stereocenters. The Hall–Kier alpha value is -3.64. The number of ether oxygens (including phenoxy) is 10. The molecular weight excluding hydrogens is 616 g/mol. The lowest BCUT2D eigenvalue weighted by Gasteiger charge is -2.63. The van der Waals surface area contributed by atoms with E-state index in [9.17, 15) is 0 Å². The molecule has 3 aromatic carbocycles. The van der Waals surface area contributed by atoms with Gasteiger partial charge in [0.15, 0.2) is 0 Å². The summed E-state index contributed by atoms with van der Waals surface area (Å²) in [4.78, 5) is 0. The van der Waals surface area contributed by atoms with Crippen molar-refractivity contribution < 1.29 is 47.4 Å². The van der Waals surface area contributed by atoms with Crippen molar-refractivity contribution in [3.05, 3.63) is 102 Å². The number of allylic oxidation sites excluding steroid dienone is 1. The van der Waals surface area contributed by atoms with Crippen molar-refractivity contribution in [1.82, 2.24) is 0 Å². The third-order valence-electron chi connectivity index (χ3n) is 8.92. The van der Waals surface area contributed by atoms with Gasteiger partial charge in [-0.2, -0.15) is 0 Å². The van der Waals surface area contributed by atoms with Crippen LogP contribution in [0.25, 0.3) is 0 Å². The molecule has 10 heteroatoms. The number of unbranched alkanes of at least 4 members (excludes halogenated alkanes) is 1. The number of hydrogen-bond acceptors (Lipinski definition) is 10. The molecule has 3 saturated heterocycles. The summed E-state index contributed by atoms with van der Waals surface area (Å²) in [5.74, 6) is 1.14. The maximum Gasteiger partial charge on any atom is 0.284 e. The highest BCUT2D eigenvalue weighted by molar-refractivity contribution is 5.28. The Balaban J connectivity index is 1.24. The third kappa shape index (κ3) is 7.97. The van der Waals surface area contributed by atoms with E-state index in [0.717, 1.165) is 46.8 Å². The predicted molar refractivity (Wildman–Crippen MR) is 177 cm³/mol. The molecule has 0 amide bonds. The van der Waals surface area contributed by atoms with Crippen LogP contribution in [0.1, 0.15) is 42.9 Å². The van der Waals surface area contributed by atoms with Gasteiger partial charge in [-0.25, -0.2) is 0 Å². The maximum absolute atomic E-state index is 6.69. The number of benzene rings is 3. The van der Waals surface area contributed by atoms with Gasteiger partial charge in [-0.05, 0) is 72.9 Å². The van der Waals surface area contributed by atoms with Crippen molar-refractivity contribution in [1.29, 1.82) is 0 Å². The highest BCUT2D eigenvalue weighted by Gasteiger charge is 2.68. The van der Waals surface area contributed by atoms with Gasteiger partial charge in [-0.3, -0.25) is 0 Å². The summed E-state index contributed by atoms with van der Waals surface area (Å²) in [5.41, 5.74) is 3.01. The Labute approximate surface area is 282 Å². The van der Waals surface area contributed by atoms with Crippen LogP contribution in [0.2, 0.25) is 0 Å². The first-order valence-electron chi connectivity index (χ1n) is 16.5. The first kappa shape index (κ1) is 34.2. The predicted octanol–water partition coefficient (Wildman–Crippen LogP) is 6.34. The lowest BCUT2D eigenvalue weighted by Crippen LogP contribution is -2.79. The third-order valence-corrected chi connectivity index (χ3v) is 8.92. The van der Waals surface area contributed by atoms with E-state index in [4.69, 9.17) is 47.4 Å². The normalized spacial score (nSPS) is 27.3. The number of rotatable bonds is 18. The van der Waals surface area contributed by atoms with Crippen LogP contribution in [-0.4, -0.2) is 70.5 Å². The molecule has 3 heterocycles. The van der Waals surface area contributed by atoms with Gasteiger partial charge in [0.05, 0.1) is 54.0 Å². The molecule has 0 atom stereocenters. The lowest BCUT2D eigenvalue weighted by atomic mass is 9.81. The highest BCUT2D eigenvalue weighted by atomic mass is 16.9. The summed E-state index contributed by atoms with van der Waals surface area (Å²) in [6.07, 6.45) is 2.98. The van der Waals surface area contributed by atoms with Crippen LogP contribution >= 0.6 is 0 Å². The molecule has 4 bridgehead atoms. The summed E-state index contributed by atoms with van der Waals surface area (Å²) in [5, 5.41) is 0. The maximum atomic E-state index is 6.69. The molecule has 10 nitrogen and oxygen atoms in total. The Bertz CT molecular complexity index is 1270. The Kier molecular flexibility index (Phi) is 11.5. The zero-order chi connectivity index (χ0) is 33.3. The summed E-state index contributed by atoms with van der Waals surface area (Å²) in [7, 11) is 4.96. The number of methoxy groups -OCH3 is 3. The van der Waals surface area contributed by atoms with Gasteiger partial charge in [-0.1, -0.05) is 42.5 Å². The molecule has 0 radical (unpaired) electrons. The standard InChI is InChI=1S/C38H46O10/c1-5-21-42-22-7-6-20-38-46-35-32(43-23-26-8-14-29(39-2)15-9-26)36(47-38)34(45-25-28-12-18-31(41-4)19-13-28)37(48-38)33(35)44-24-27-10-16-30(40-3)17-11-27/h5,8-19,21,32-37H,6-7,20,22-25H2,1-4H3/b21-5+. The molecule has 0 aromatic heterocycles. The van der Waals surface area contributed by atoms with E-state index >= 15 is 0 Å². The van der Waals surface area contributed by atoms with Crippen LogP contribution in [0.4, 0.5) is 0 Å². The largest absolute Gasteiger partial charge is 0.502 e. The van der Waals surface area contributed by atoms with Gasteiger partial charge in [0.25, 0.3) is 5.97 Å². The van der Waals surface area contributed by atoms with Crippen molar-refractivity contribution in [3.8, 4) is 17.2 Å². The van der Waals surface area contributed by atoms with Crippen molar-refractivity contribution in [2.45, 2.75) is 88.6 Å². The van der Waals surface area contributed by atoms with Crippen LogP contribution in [-0.2, 0) is 53.0 Å². The Morgan fingerprint density at radius 2 is 0.938 bits per heavy atom. The van der Waals surface area contributed by atoms with Gasteiger partial charge >= 0.3 is 0 Å². The molecule has 4 aliphatic rings. The molecule has 3 aliphatic heterocycles. The van der Waals surface area contributed by atoms with Crippen molar-refractivity contribution in [2.75, 3.05) is 27.9 Å². The average molecular weight is 663 g/mol. The lowest BCUT2D eigenvalue weighted by molar-refractivity contribution is -0.545. The second-order valence-corrected chi connectivity index (χ2v) is 12.1. The molecule has 3 aromatic rings. The van der Waals surface area contributed by atoms with Gasteiger partial charge < -0.3 is 47.4 Å². The minimum absolute atomic E-state index is 0.353. The fourth-order valence-electron chi connectivity index (χ4n) is 6.41. The van der Waals surface area contributed by atoms with Crippen molar-refractivity contribution in [3.63, 3.8) is 0 Å². The molecule has 0 N–H and O–H groups in total. The van der Waals surface area contributed by atoms with Gasteiger partial charge in [0.1, 0.15) is 53.9 Å².